The Bertz CT molecular complexity index is 2370. The number of methoxy groups -OCH3 is 1. The number of hydrogen-bond donors (Lipinski definition) is 3. The molecular formula is C37H35N7O5. The van der Waals surface area contributed by atoms with Crippen molar-refractivity contribution in [3.63, 3.8) is 0 Å². The van der Waals surface area contributed by atoms with Crippen molar-refractivity contribution in [2.75, 3.05) is 13.7 Å². The fraction of sp³-hybridized carbons (Fsp3) is 0.324. The number of ether oxygens (including phenoxy) is 1. The highest BCUT2D eigenvalue weighted by atomic mass is 16.5. The molecule has 2 aliphatic carbocycles. The van der Waals surface area contributed by atoms with Gasteiger partial charge >= 0.3 is 5.97 Å². The Morgan fingerprint density at radius 2 is 1.82 bits per heavy atom. The number of carboxylic acid groups (broad SMARTS) is 1. The summed E-state index contributed by atoms with van der Waals surface area (Å²) in [6.45, 7) is 1.48. The second-order valence-corrected chi connectivity index (χ2v) is 13.7. The van der Waals surface area contributed by atoms with Gasteiger partial charge in [-0.05, 0) is 80.0 Å². The summed E-state index contributed by atoms with van der Waals surface area (Å²) < 4.78 is 10.1. The second-order valence-electron chi connectivity index (χ2n) is 13.7. The summed E-state index contributed by atoms with van der Waals surface area (Å²) >= 11 is 0. The zero-order chi connectivity index (χ0) is 33.7. The molecule has 1 aliphatic heterocycles. The van der Waals surface area contributed by atoms with E-state index >= 15 is 0 Å². The number of benzene rings is 2. The summed E-state index contributed by atoms with van der Waals surface area (Å²) in [5, 5.41) is 21.4. The molecular weight excluding hydrogens is 622 g/mol. The first-order valence-corrected chi connectivity index (χ1v) is 16.7. The van der Waals surface area contributed by atoms with Gasteiger partial charge in [-0.15, -0.1) is 0 Å². The number of carbonyl (C=O) groups is 2. The number of carboxylic acids is 1. The molecule has 248 valence electrons. The van der Waals surface area contributed by atoms with E-state index in [-0.39, 0.29) is 29.4 Å². The minimum Gasteiger partial charge on any atom is -0.507 e. The number of aromatic carboxylic acids is 1. The fourth-order valence-electron chi connectivity index (χ4n) is 7.96. The number of hydrogen-bond acceptors (Lipinski definition) is 8. The highest BCUT2D eigenvalue weighted by molar-refractivity contribution is 6.01. The monoisotopic (exact) mass is 657 g/mol. The fourth-order valence-corrected chi connectivity index (χ4v) is 7.96. The number of nitrogens with zero attached hydrogens (tertiary/aromatic N) is 6. The Kier molecular flexibility index (Phi) is 6.51. The standard InChI is InChI=1S/C37H35N7O5/c1-42-33-26(12-22(14-31(33)49-2)36(46)44-17-21-7-10-28(44)32(21)38)41-35(42)29-13-20-6-8-24(40-34(20)43(29)16-18-3-4-18)19-5-9-25-23(11-19)30(45)15-27(39-25)37(47)48/h5-6,8-9,11-15,18,21,28,32H,3-4,7,10,16-17,38H2,1-2H3,(H,39,45)(H,47,48)/t21?,28?,32-/m1/s1. The number of amides is 1. The van der Waals surface area contributed by atoms with Gasteiger partial charge in [0, 0.05) is 60.2 Å². The van der Waals surface area contributed by atoms with Gasteiger partial charge in [0.05, 0.1) is 29.5 Å². The Labute approximate surface area is 280 Å². The predicted molar refractivity (Wildman–Crippen MR) is 184 cm³/mol. The quantitative estimate of drug-likeness (QED) is 0.210. The van der Waals surface area contributed by atoms with Gasteiger partial charge in [0.15, 0.2) is 11.5 Å². The smallest absolute Gasteiger partial charge is 0.354 e. The number of carbonyl (C=O) groups excluding carboxylic acids is 1. The molecule has 3 atom stereocenters. The number of rotatable bonds is 7. The van der Waals surface area contributed by atoms with Crippen molar-refractivity contribution in [3.8, 4) is 34.3 Å². The molecule has 0 spiro atoms. The molecule has 6 aromatic rings. The number of imidazole rings is 1. The molecule has 5 heterocycles. The maximum atomic E-state index is 13.8. The summed E-state index contributed by atoms with van der Waals surface area (Å²) in [5.74, 6) is 0.857. The third-order valence-corrected chi connectivity index (χ3v) is 10.7. The van der Waals surface area contributed by atoms with Crippen LogP contribution >= 0.6 is 0 Å². The molecule has 2 unspecified atom stereocenters. The van der Waals surface area contributed by atoms with Crippen LogP contribution in [0.5, 0.6) is 11.5 Å². The van der Waals surface area contributed by atoms with E-state index in [0.717, 1.165) is 71.9 Å². The molecule has 3 fully saturated rings. The van der Waals surface area contributed by atoms with Crippen molar-refractivity contribution in [3.05, 3.63) is 65.9 Å². The number of nitrogens with two attached hydrogens (primary N) is 1. The van der Waals surface area contributed by atoms with Gasteiger partial charge in [0.25, 0.3) is 5.91 Å². The molecule has 4 N–H and O–H groups in total. The number of pyridine rings is 2. The molecule has 0 radical (unpaired) electrons. The minimum absolute atomic E-state index is 0.0326. The van der Waals surface area contributed by atoms with E-state index < -0.39 is 5.97 Å². The summed E-state index contributed by atoms with van der Waals surface area (Å²) in [6.07, 6.45) is 4.32. The molecule has 2 aromatic carbocycles. The lowest BCUT2D eigenvalue weighted by atomic mass is 10.1. The summed E-state index contributed by atoms with van der Waals surface area (Å²) in [5.41, 5.74) is 11.9. The van der Waals surface area contributed by atoms with E-state index in [4.69, 9.17) is 20.4 Å². The van der Waals surface area contributed by atoms with Crippen molar-refractivity contribution in [1.82, 2.24) is 29.0 Å². The minimum atomic E-state index is -1.20. The highest BCUT2D eigenvalue weighted by Crippen LogP contribution is 2.40. The van der Waals surface area contributed by atoms with Crippen LogP contribution in [0.3, 0.4) is 0 Å². The van der Waals surface area contributed by atoms with E-state index in [1.54, 1.807) is 19.2 Å². The van der Waals surface area contributed by atoms with E-state index in [9.17, 15) is 19.8 Å². The highest BCUT2D eigenvalue weighted by Gasteiger charge is 2.47. The Balaban J connectivity index is 1.14. The number of piperidine rings is 1. The van der Waals surface area contributed by atoms with Crippen LogP contribution < -0.4 is 10.5 Å². The summed E-state index contributed by atoms with van der Waals surface area (Å²) in [7, 11) is 3.59. The molecule has 9 rings (SSSR count). The number of aromatic hydroxyl groups is 1. The molecule has 2 bridgehead atoms. The number of aryl methyl sites for hydroxylation is 1. The van der Waals surface area contributed by atoms with Gasteiger partial charge in [-0.3, -0.25) is 4.79 Å². The predicted octanol–water partition coefficient (Wildman–Crippen LogP) is 5.19. The van der Waals surface area contributed by atoms with Crippen LogP contribution in [0.2, 0.25) is 0 Å². The summed E-state index contributed by atoms with van der Waals surface area (Å²) in [6, 6.07) is 16.4. The van der Waals surface area contributed by atoms with Crippen LogP contribution in [0.1, 0.15) is 46.5 Å². The maximum absolute atomic E-state index is 13.8. The van der Waals surface area contributed by atoms with Crippen LogP contribution in [-0.4, -0.2) is 76.8 Å². The van der Waals surface area contributed by atoms with Gasteiger partial charge in [0.1, 0.15) is 22.7 Å². The van der Waals surface area contributed by atoms with Gasteiger partial charge in [0.2, 0.25) is 0 Å². The van der Waals surface area contributed by atoms with E-state index in [1.807, 2.05) is 46.8 Å². The van der Waals surface area contributed by atoms with Crippen LogP contribution in [-0.2, 0) is 13.6 Å². The first-order valence-electron chi connectivity index (χ1n) is 16.7. The lowest BCUT2D eigenvalue weighted by Crippen LogP contribution is -2.41. The number of fused-ring (bicyclic) bond motifs is 5. The molecule has 2 saturated carbocycles. The van der Waals surface area contributed by atoms with Gasteiger partial charge in [-0.25, -0.2) is 19.7 Å². The lowest BCUT2D eigenvalue weighted by Gasteiger charge is -2.27. The number of likely N-dealkylation sites (tertiary alicyclic amines) is 1. The second kappa shape index (κ2) is 10.8. The molecule has 12 nitrogen and oxygen atoms in total. The van der Waals surface area contributed by atoms with Crippen molar-refractivity contribution in [2.24, 2.45) is 24.6 Å². The average Bonchev–Trinajstić information content (AvgIpc) is 3.51. The van der Waals surface area contributed by atoms with Crippen LogP contribution in [0.25, 0.3) is 55.7 Å². The molecule has 12 heteroatoms. The zero-order valence-electron chi connectivity index (χ0n) is 27.1. The molecule has 1 saturated heterocycles. The maximum Gasteiger partial charge on any atom is 0.354 e. The average molecular weight is 658 g/mol. The third-order valence-electron chi connectivity index (χ3n) is 10.7. The Hall–Kier alpha value is -5.49. The third kappa shape index (κ3) is 4.65. The molecule has 3 aliphatic rings. The van der Waals surface area contributed by atoms with Crippen molar-refractivity contribution in [2.45, 2.75) is 44.3 Å². The van der Waals surface area contributed by atoms with Crippen molar-refractivity contribution < 1.29 is 24.5 Å². The number of aromatic nitrogens is 5. The van der Waals surface area contributed by atoms with Crippen molar-refractivity contribution >= 4 is 44.8 Å². The van der Waals surface area contributed by atoms with E-state index in [2.05, 4.69) is 15.6 Å². The van der Waals surface area contributed by atoms with Crippen molar-refractivity contribution in [1.29, 1.82) is 0 Å². The SMILES string of the molecule is COc1cc(C(=O)N2CC3CCC2[C@@H]3N)cc2nc(-c3cc4ccc(-c5ccc6nc(C(=O)O)cc(O)c6c5)nc4n3CC3CC3)n(C)c12. The van der Waals surface area contributed by atoms with Gasteiger partial charge < -0.3 is 34.7 Å². The summed E-state index contributed by atoms with van der Waals surface area (Å²) in [4.78, 5) is 41.5. The first-order chi connectivity index (χ1) is 23.7. The van der Waals surface area contributed by atoms with Crippen LogP contribution in [0, 0.1) is 11.8 Å². The Morgan fingerprint density at radius 1 is 0.980 bits per heavy atom. The van der Waals surface area contributed by atoms with Crippen LogP contribution in [0.15, 0.2) is 54.6 Å². The Morgan fingerprint density at radius 3 is 2.53 bits per heavy atom. The molecule has 1 amide bonds. The molecule has 49 heavy (non-hydrogen) atoms. The first kappa shape index (κ1) is 29.6. The van der Waals surface area contributed by atoms with E-state index in [1.165, 1.54) is 0 Å². The lowest BCUT2D eigenvalue weighted by molar-refractivity contribution is 0.0685. The van der Waals surface area contributed by atoms with Gasteiger partial charge in [-0.2, -0.15) is 0 Å². The van der Waals surface area contributed by atoms with E-state index in [0.29, 0.717) is 51.8 Å². The zero-order valence-corrected chi connectivity index (χ0v) is 27.1. The largest absolute Gasteiger partial charge is 0.507 e. The van der Waals surface area contributed by atoms with Gasteiger partial charge in [-0.1, -0.05) is 6.07 Å². The normalized spacial score (nSPS) is 20.2. The topological polar surface area (TPSA) is 162 Å². The molecule has 4 aromatic heterocycles. The van der Waals surface area contributed by atoms with Crippen LogP contribution in [0.4, 0.5) is 0 Å².